The molecule has 0 bridgehead atoms. The smallest absolute Gasteiger partial charge is 0.211 e. The summed E-state index contributed by atoms with van der Waals surface area (Å²) in [5.74, 6) is 0. The summed E-state index contributed by atoms with van der Waals surface area (Å²) in [6.07, 6.45) is 0. The van der Waals surface area contributed by atoms with Crippen molar-refractivity contribution >= 4 is 49.3 Å². The molecular weight excluding hydrogens is 558 g/mol. The molecule has 0 fully saturated rings. The molecule has 214 valence electrons. The molecule has 3 nitrogen and oxygen atoms in total. The maximum Gasteiger partial charge on any atom is 0.211 e. The van der Waals surface area contributed by atoms with Crippen LogP contribution >= 0.6 is 0 Å². The summed E-state index contributed by atoms with van der Waals surface area (Å²) >= 11 is 0. The summed E-state index contributed by atoms with van der Waals surface area (Å²) in [5.41, 5.74) is 11.6. The molecule has 0 saturated heterocycles. The molecule has 0 aliphatic rings. The van der Waals surface area contributed by atoms with E-state index in [0.717, 1.165) is 44.7 Å². The standard InChI is InChI=1S/C43H27N3/c1-44-38-20-12-19-37(43(38)46-41-23-10-6-17-35(41)36-18-7-11-24-42(36)46)32-14-3-2-13-31(32)29-25-27-30(28-26-29)45-39-21-8-4-15-33(39)34-16-5-9-22-40(34)45/h2-28H. The number of rotatable bonds is 4. The molecule has 2 heterocycles. The summed E-state index contributed by atoms with van der Waals surface area (Å²) < 4.78 is 4.62. The normalized spacial score (nSPS) is 11.5. The van der Waals surface area contributed by atoms with Crippen LogP contribution in [0.1, 0.15) is 0 Å². The highest BCUT2D eigenvalue weighted by Crippen LogP contribution is 2.43. The van der Waals surface area contributed by atoms with Crippen molar-refractivity contribution in [3.8, 4) is 33.6 Å². The molecular formula is C43H27N3. The molecule has 0 saturated carbocycles. The van der Waals surface area contributed by atoms with E-state index in [1.807, 2.05) is 12.1 Å². The second-order valence-electron chi connectivity index (χ2n) is 11.6. The Kier molecular flexibility index (Phi) is 5.88. The summed E-state index contributed by atoms with van der Waals surface area (Å²) in [4.78, 5) is 4.04. The van der Waals surface area contributed by atoms with E-state index in [2.05, 4.69) is 166 Å². The van der Waals surface area contributed by atoms with Crippen LogP contribution in [-0.4, -0.2) is 9.13 Å². The zero-order valence-corrected chi connectivity index (χ0v) is 24.9. The monoisotopic (exact) mass is 585 g/mol. The lowest BCUT2D eigenvalue weighted by Gasteiger charge is -2.18. The van der Waals surface area contributed by atoms with Gasteiger partial charge in [-0.05, 0) is 58.7 Å². The molecule has 0 N–H and O–H groups in total. The first kappa shape index (κ1) is 26.1. The number of hydrogen-bond donors (Lipinski definition) is 0. The van der Waals surface area contributed by atoms with Crippen molar-refractivity contribution in [3.63, 3.8) is 0 Å². The highest BCUT2D eigenvalue weighted by molar-refractivity contribution is 6.11. The SMILES string of the molecule is [C-]#[N+]c1cccc(-c2ccccc2-c2ccc(-n3c4ccccc4c4ccccc43)cc2)c1-n1c2ccccc2c2ccccc21. The van der Waals surface area contributed by atoms with Gasteiger partial charge in [-0.3, -0.25) is 0 Å². The van der Waals surface area contributed by atoms with Gasteiger partial charge in [0.05, 0.1) is 34.3 Å². The molecule has 9 rings (SSSR count). The molecule has 46 heavy (non-hydrogen) atoms. The molecule has 0 unspecified atom stereocenters. The molecule has 0 atom stereocenters. The Balaban J connectivity index is 1.24. The summed E-state index contributed by atoms with van der Waals surface area (Å²) in [7, 11) is 0. The van der Waals surface area contributed by atoms with Gasteiger partial charge in [0.2, 0.25) is 5.69 Å². The number of aromatic nitrogens is 2. The maximum atomic E-state index is 8.20. The van der Waals surface area contributed by atoms with Gasteiger partial charge >= 0.3 is 0 Å². The topological polar surface area (TPSA) is 14.2 Å². The Morgan fingerprint density at radius 2 is 0.804 bits per heavy atom. The summed E-state index contributed by atoms with van der Waals surface area (Å²) in [5, 5.41) is 4.87. The van der Waals surface area contributed by atoms with Gasteiger partial charge in [0.1, 0.15) is 0 Å². The average molecular weight is 586 g/mol. The van der Waals surface area contributed by atoms with Crippen LogP contribution in [0.2, 0.25) is 0 Å². The summed E-state index contributed by atoms with van der Waals surface area (Å²) in [6.45, 7) is 8.20. The molecule has 3 heteroatoms. The van der Waals surface area contributed by atoms with E-state index in [9.17, 15) is 0 Å². The lowest BCUT2D eigenvalue weighted by molar-refractivity contribution is 1.18. The Hall–Kier alpha value is -6.37. The van der Waals surface area contributed by atoms with Crippen LogP contribution in [0.5, 0.6) is 0 Å². The van der Waals surface area contributed by atoms with Gasteiger partial charge in [-0.1, -0.05) is 127 Å². The fraction of sp³-hybridized carbons (Fsp3) is 0. The number of benzene rings is 7. The summed E-state index contributed by atoms with van der Waals surface area (Å²) in [6, 6.07) is 57.7. The molecule has 0 amide bonds. The Labute approximate surface area is 266 Å². The third-order valence-electron chi connectivity index (χ3n) is 9.17. The van der Waals surface area contributed by atoms with Crippen molar-refractivity contribution in [3.05, 3.63) is 175 Å². The molecule has 0 aliphatic carbocycles. The maximum absolute atomic E-state index is 8.20. The zero-order valence-electron chi connectivity index (χ0n) is 24.9. The second-order valence-corrected chi connectivity index (χ2v) is 11.6. The van der Waals surface area contributed by atoms with Crippen LogP contribution in [0.25, 0.3) is 82.1 Å². The van der Waals surface area contributed by atoms with Gasteiger partial charge in [0.25, 0.3) is 0 Å². The highest BCUT2D eigenvalue weighted by Gasteiger charge is 2.20. The predicted octanol–water partition coefficient (Wildman–Crippen LogP) is 11.8. The third-order valence-corrected chi connectivity index (χ3v) is 9.17. The van der Waals surface area contributed by atoms with Crippen LogP contribution in [0.15, 0.2) is 164 Å². The number of hydrogen-bond acceptors (Lipinski definition) is 0. The van der Waals surface area contributed by atoms with Gasteiger partial charge in [0, 0.05) is 27.2 Å². The van der Waals surface area contributed by atoms with E-state index in [4.69, 9.17) is 6.57 Å². The van der Waals surface area contributed by atoms with Gasteiger partial charge in [-0.2, -0.15) is 0 Å². The first-order valence-electron chi connectivity index (χ1n) is 15.5. The molecule has 2 aromatic heterocycles. The van der Waals surface area contributed by atoms with E-state index < -0.39 is 0 Å². The molecule has 0 aliphatic heterocycles. The van der Waals surface area contributed by atoms with E-state index in [1.165, 1.54) is 32.6 Å². The molecule has 9 aromatic rings. The first-order chi connectivity index (χ1) is 22.8. The minimum atomic E-state index is 0.625. The van der Waals surface area contributed by atoms with Crippen molar-refractivity contribution in [2.45, 2.75) is 0 Å². The number of nitrogens with zero attached hydrogens (tertiary/aromatic N) is 3. The lowest BCUT2D eigenvalue weighted by Crippen LogP contribution is -1.99. The van der Waals surface area contributed by atoms with Gasteiger partial charge in [-0.15, -0.1) is 0 Å². The third kappa shape index (κ3) is 3.84. The zero-order chi connectivity index (χ0) is 30.6. The van der Waals surface area contributed by atoms with Crippen molar-refractivity contribution in [2.75, 3.05) is 0 Å². The van der Waals surface area contributed by atoms with Crippen LogP contribution in [0.4, 0.5) is 5.69 Å². The predicted molar refractivity (Wildman–Crippen MR) is 192 cm³/mol. The highest BCUT2D eigenvalue weighted by atomic mass is 15.0. The first-order valence-corrected chi connectivity index (χ1v) is 15.5. The van der Waals surface area contributed by atoms with E-state index in [-0.39, 0.29) is 0 Å². The molecule has 0 spiro atoms. The average Bonchev–Trinajstić information content (AvgIpc) is 3.64. The largest absolute Gasteiger partial charge is 0.318 e. The molecule has 7 aromatic carbocycles. The van der Waals surface area contributed by atoms with Gasteiger partial charge < -0.3 is 9.13 Å². The Morgan fingerprint density at radius 1 is 0.370 bits per heavy atom. The van der Waals surface area contributed by atoms with Gasteiger partial charge in [0.15, 0.2) is 0 Å². The van der Waals surface area contributed by atoms with E-state index in [0.29, 0.717) is 5.69 Å². The fourth-order valence-electron chi connectivity index (χ4n) is 7.20. The van der Waals surface area contributed by atoms with Crippen molar-refractivity contribution in [1.29, 1.82) is 0 Å². The minimum absolute atomic E-state index is 0.625. The molecule has 0 radical (unpaired) electrons. The van der Waals surface area contributed by atoms with Crippen molar-refractivity contribution in [1.82, 2.24) is 9.13 Å². The van der Waals surface area contributed by atoms with Crippen LogP contribution < -0.4 is 0 Å². The van der Waals surface area contributed by atoms with Crippen molar-refractivity contribution < 1.29 is 0 Å². The Bertz CT molecular complexity index is 2540. The quantitative estimate of drug-likeness (QED) is 0.182. The number of para-hydroxylation sites is 5. The van der Waals surface area contributed by atoms with Crippen LogP contribution in [0.3, 0.4) is 0 Å². The van der Waals surface area contributed by atoms with Gasteiger partial charge in [-0.25, -0.2) is 4.85 Å². The van der Waals surface area contributed by atoms with E-state index >= 15 is 0 Å². The fourth-order valence-corrected chi connectivity index (χ4v) is 7.20. The van der Waals surface area contributed by atoms with Crippen molar-refractivity contribution in [2.24, 2.45) is 0 Å². The Morgan fingerprint density at radius 3 is 1.33 bits per heavy atom. The second kappa shape index (κ2) is 10.4. The van der Waals surface area contributed by atoms with Crippen LogP contribution in [0, 0.1) is 6.57 Å². The van der Waals surface area contributed by atoms with E-state index in [1.54, 1.807) is 0 Å². The lowest BCUT2D eigenvalue weighted by atomic mass is 9.93. The van der Waals surface area contributed by atoms with Crippen LogP contribution in [-0.2, 0) is 0 Å². The minimum Gasteiger partial charge on any atom is -0.318 e. The number of fused-ring (bicyclic) bond motifs is 6.